The minimum Gasteiger partial charge on any atom is -0.387 e. The molecule has 1 aromatic carbocycles. The molecular weight excluding hydrogens is 560 g/mol. The van der Waals surface area contributed by atoms with Gasteiger partial charge in [0.05, 0.1) is 19.3 Å². The zero-order chi connectivity index (χ0) is 25.4. The predicted octanol–water partition coefficient (Wildman–Crippen LogP) is 2.00. The Morgan fingerprint density at radius 1 is 1.40 bits per heavy atom. The van der Waals surface area contributed by atoms with Crippen LogP contribution in [0.15, 0.2) is 49.6 Å². The zero-order valence-electron chi connectivity index (χ0n) is 17.6. The van der Waals surface area contributed by atoms with E-state index in [9.17, 15) is 28.8 Å². The van der Waals surface area contributed by atoms with Crippen LogP contribution < -0.4 is 11.2 Å². The maximum Gasteiger partial charge on any atom is 0.475 e. The number of aromatic amines is 1. The Bertz CT molecular complexity index is 1330. The van der Waals surface area contributed by atoms with E-state index in [1.54, 1.807) is 0 Å². The van der Waals surface area contributed by atoms with E-state index in [4.69, 9.17) is 23.8 Å². The number of phosphoric ester groups is 1. The number of hydrogen-bond acceptors (Lipinski definition) is 10. The van der Waals surface area contributed by atoms with Gasteiger partial charge in [-0.3, -0.25) is 27.9 Å². The van der Waals surface area contributed by atoms with Gasteiger partial charge in [0.1, 0.15) is 18.0 Å². The number of nitrogens with one attached hydrogen (secondary N) is 1. The van der Waals surface area contributed by atoms with Crippen molar-refractivity contribution in [1.29, 1.82) is 0 Å². The smallest absolute Gasteiger partial charge is 0.387 e. The molecule has 0 radical (unpaired) electrons. The van der Waals surface area contributed by atoms with Crippen LogP contribution >= 0.6 is 23.8 Å². The van der Waals surface area contributed by atoms with Crippen LogP contribution in [0, 0.1) is 5.82 Å². The molecule has 2 saturated heterocycles. The van der Waals surface area contributed by atoms with E-state index in [1.807, 2.05) is 4.98 Å². The third-order valence-electron chi connectivity index (χ3n) is 5.36. The Morgan fingerprint density at radius 2 is 2.17 bits per heavy atom. The standard InChI is InChI=1S/C18H18BrFN5O9P/c19-9-1-2-11(20)10(7-9)12-4-6-31-35(30,34-12)32-8-18(23-24-21)15(28)14(27)16(33-18)25-5-3-13(26)22-17(25)29/h1-3,5,7,12,14-16,27-28H,4,6,8H2,(H,22,26,29)/t12-,14+,15-,16+,18+,35?/m0/s1. The van der Waals surface area contributed by atoms with Gasteiger partial charge in [-0.15, -0.1) is 0 Å². The van der Waals surface area contributed by atoms with Crippen molar-refractivity contribution in [3.63, 3.8) is 0 Å². The molecule has 0 amide bonds. The summed E-state index contributed by atoms with van der Waals surface area (Å²) in [6, 6.07) is 5.09. The predicted molar refractivity (Wildman–Crippen MR) is 117 cm³/mol. The first-order chi connectivity index (χ1) is 16.6. The molecule has 6 atom stereocenters. The fraction of sp³-hybridized carbons (Fsp3) is 0.444. The van der Waals surface area contributed by atoms with Gasteiger partial charge < -0.3 is 14.9 Å². The number of azide groups is 1. The average molecular weight is 578 g/mol. The summed E-state index contributed by atoms with van der Waals surface area (Å²) < 4.78 is 50.0. The fourth-order valence-corrected chi connectivity index (χ4v) is 5.43. The molecular formula is C18H18BrFN5O9P. The second kappa shape index (κ2) is 9.93. The highest BCUT2D eigenvalue weighted by molar-refractivity contribution is 9.10. The molecule has 1 unspecified atom stereocenters. The number of nitrogens with zero attached hydrogens (tertiary/aromatic N) is 4. The topological polar surface area (TPSA) is 198 Å². The van der Waals surface area contributed by atoms with Gasteiger partial charge in [0, 0.05) is 33.6 Å². The molecule has 17 heteroatoms. The molecule has 2 aliphatic rings. The van der Waals surface area contributed by atoms with E-state index < -0.39 is 61.8 Å². The number of aliphatic hydroxyl groups is 2. The Kier molecular flexibility index (Phi) is 7.29. The average Bonchev–Trinajstić information content (AvgIpc) is 3.05. The number of ether oxygens (including phenoxy) is 1. The van der Waals surface area contributed by atoms with Crippen molar-refractivity contribution < 1.29 is 37.5 Å². The van der Waals surface area contributed by atoms with Crippen LogP contribution in [-0.2, 0) is 22.9 Å². The molecule has 0 aliphatic carbocycles. The van der Waals surface area contributed by atoms with Crippen molar-refractivity contribution in [1.82, 2.24) is 9.55 Å². The van der Waals surface area contributed by atoms with Crippen molar-refractivity contribution in [2.24, 2.45) is 5.11 Å². The van der Waals surface area contributed by atoms with E-state index in [1.165, 1.54) is 18.2 Å². The largest absolute Gasteiger partial charge is 0.475 e. The molecule has 3 heterocycles. The van der Waals surface area contributed by atoms with Crippen LogP contribution in [0.25, 0.3) is 10.4 Å². The molecule has 2 aromatic rings. The number of phosphoric acid groups is 1. The number of halogens is 2. The second-order valence-electron chi connectivity index (χ2n) is 7.60. The summed E-state index contributed by atoms with van der Waals surface area (Å²) in [6.45, 7) is -1.07. The van der Waals surface area contributed by atoms with E-state index in [-0.39, 0.29) is 18.6 Å². The quantitative estimate of drug-likeness (QED) is 0.199. The van der Waals surface area contributed by atoms with Gasteiger partial charge in [0.2, 0.25) is 5.72 Å². The summed E-state index contributed by atoms with van der Waals surface area (Å²) in [5, 5.41) is 24.4. The molecule has 2 aliphatic heterocycles. The van der Waals surface area contributed by atoms with Crippen molar-refractivity contribution in [2.75, 3.05) is 13.2 Å². The van der Waals surface area contributed by atoms with Gasteiger partial charge in [-0.05, 0) is 23.7 Å². The lowest BCUT2D eigenvalue weighted by atomic mass is 10.1. The highest BCUT2D eigenvalue weighted by Gasteiger charge is 2.56. The minimum atomic E-state index is -4.40. The lowest BCUT2D eigenvalue weighted by molar-refractivity contribution is -0.127. The fourth-order valence-electron chi connectivity index (χ4n) is 3.65. The number of hydrogen-bond donors (Lipinski definition) is 3. The van der Waals surface area contributed by atoms with Gasteiger partial charge in [0.25, 0.3) is 5.56 Å². The second-order valence-corrected chi connectivity index (χ2v) is 10.1. The van der Waals surface area contributed by atoms with E-state index in [0.29, 0.717) is 4.47 Å². The lowest BCUT2D eigenvalue weighted by Crippen LogP contribution is -2.45. The maximum absolute atomic E-state index is 14.3. The Balaban J connectivity index is 1.57. The molecule has 0 saturated carbocycles. The first-order valence-electron chi connectivity index (χ1n) is 10.0. The van der Waals surface area contributed by atoms with E-state index in [0.717, 1.165) is 16.8 Å². The summed E-state index contributed by atoms with van der Waals surface area (Å²) in [5.41, 5.74) is 5.07. The van der Waals surface area contributed by atoms with E-state index >= 15 is 0 Å². The molecule has 2 fully saturated rings. The maximum atomic E-state index is 14.3. The summed E-state index contributed by atoms with van der Waals surface area (Å²) in [7, 11) is -4.40. The van der Waals surface area contributed by atoms with Gasteiger partial charge in [-0.1, -0.05) is 21.0 Å². The summed E-state index contributed by atoms with van der Waals surface area (Å²) in [4.78, 5) is 28.0. The van der Waals surface area contributed by atoms with Crippen LogP contribution in [0.4, 0.5) is 4.39 Å². The summed E-state index contributed by atoms with van der Waals surface area (Å²) in [5.74, 6) is -0.607. The van der Waals surface area contributed by atoms with Crippen LogP contribution in [0.2, 0.25) is 0 Å². The van der Waals surface area contributed by atoms with Gasteiger partial charge >= 0.3 is 13.5 Å². The Labute approximate surface area is 203 Å². The normalized spacial score (nSPS) is 32.8. The van der Waals surface area contributed by atoms with E-state index in [2.05, 4.69) is 26.0 Å². The highest BCUT2D eigenvalue weighted by atomic mass is 79.9. The third-order valence-corrected chi connectivity index (χ3v) is 7.31. The van der Waals surface area contributed by atoms with Crippen LogP contribution in [0.5, 0.6) is 0 Å². The van der Waals surface area contributed by atoms with Crippen molar-refractivity contribution >= 4 is 23.8 Å². The first-order valence-corrected chi connectivity index (χ1v) is 12.3. The SMILES string of the molecule is [N-]=[N+]=N[C@]1(COP2(=O)OCC[C@@H](c3cc(Br)ccc3F)O2)O[C@@H](n2ccc(=O)[nH]c2=O)[C@H](O)[C@@H]1O. The van der Waals surface area contributed by atoms with Crippen LogP contribution in [0.1, 0.15) is 24.3 Å². The number of rotatable bonds is 6. The van der Waals surface area contributed by atoms with Crippen molar-refractivity contribution in [3.05, 3.63) is 77.6 Å². The molecule has 1 aromatic heterocycles. The third kappa shape index (κ3) is 5.11. The molecule has 14 nitrogen and oxygen atoms in total. The van der Waals surface area contributed by atoms with Gasteiger partial charge in [-0.25, -0.2) is 13.8 Å². The lowest BCUT2D eigenvalue weighted by Gasteiger charge is -2.32. The molecule has 0 bridgehead atoms. The number of aromatic nitrogens is 2. The van der Waals surface area contributed by atoms with Crippen LogP contribution in [0.3, 0.4) is 0 Å². The highest BCUT2D eigenvalue weighted by Crippen LogP contribution is 2.58. The number of benzene rings is 1. The number of aliphatic hydroxyl groups excluding tert-OH is 2. The van der Waals surface area contributed by atoms with Crippen LogP contribution in [-0.4, -0.2) is 50.9 Å². The molecule has 4 rings (SSSR count). The van der Waals surface area contributed by atoms with Gasteiger partial charge in [-0.2, -0.15) is 0 Å². The minimum absolute atomic E-state index is 0.0985. The molecule has 0 spiro atoms. The van der Waals surface area contributed by atoms with Crippen molar-refractivity contribution in [2.45, 2.75) is 36.7 Å². The zero-order valence-corrected chi connectivity index (χ0v) is 20.0. The first kappa shape index (κ1) is 25.7. The molecule has 35 heavy (non-hydrogen) atoms. The Hall–Kier alpha value is -2.39. The summed E-state index contributed by atoms with van der Waals surface area (Å²) >= 11 is 3.23. The summed E-state index contributed by atoms with van der Waals surface area (Å²) in [6.07, 6.45) is -5.25. The van der Waals surface area contributed by atoms with Crippen molar-refractivity contribution in [3.8, 4) is 0 Å². The van der Waals surface area contributed by atoms with Gasteiger partial charge in [0.15, 0.2) is 6.23 Å². The molecule has 3 N–H and O–H groups in total. The Morgan fingerprint density at radius 3 is 2.89 bits per heavy atom. The number of H-pyrrole nitrogens is 1. The monoisotopic (exact) mass is 577 g/mol. The molecule has 188 valence electrons.